The molecule has 1 aromatic heterocycles. The zero-order chi connectivity index (χ0) is 29.6. The van der Waals surface area contributed by atoms with Gasteiger partial charge in [0.15, 0.2) is 5.82 Å². The number of carboxylic acid groups (broad SMARTS) is 1. The van der Waals surface area contributed by atoms with Crippen LogP contribution in [-0.2, 0) is 21.3 Å². The van der Waals surface area contributed by atoms with Crippen molar-refractivity contribution in [2.75, 3.05) is 5.75 Å². The fourth-order valence-electron chi connectivity index (χ4n) is 4.22. The van der Waals surface area contributed by atoms with E-state index in [1.807, 2.05) is 72.8 Å². The lowest BCUT2D eigenvalue weighted by molar-refractivity contribution is -0.138. The molecule has 0 saturated carbocycles. The highest BCUT2D eigenvalue weighted by Crippen LogP contribution is 2.27. The van der Waals surface area contributed by atoms with Gasteiger partial charge in [-0.15, -0.1) is 5.10 Å². The van der Waals surface area contributed by atoms with Gasteiger partial charge in [-0.05, 0) is 34.9 Å². The number of nitrogens with one attached hydrogen (secondary N) is 1. The third-order valence-corrected chi connectivity index (χ3v) is 8.43. The van der Waals surface area contributed by atoms with Crippen LogP contribution in [-0.4, -0.2) is 47.8 Å². The van der Waals surface area contributed by atoms with Crippen LogP contribution in [0.3, 0.4) is 0 Å². The molecule has 1 heterocycles. The van der Waals surface area contributed by atoms with E-state index in [9.17, 15) is 18.9 Å². The van der Waals surface area contributed by atoms with Crippen molar-refractivity contribution in [3.63, 3.8) is 0 Å². The van der Waals surface area contributed by atoms with Gasteiger partial charge in [0.2, 0.25) is 5.82 Å². The molecule has 1 unspecified atom stereocenters. The lowest BCUT2D eigenvalue weighted by atomic mass is 10.0. The van der Waals surface area contributed by atoms with Crippen molar-refractivity contribution in [2.24, 2.45) is 0 Å². The normalized spacial score (nSPS) is 12.4. The second-order valence-electron chi connectivity index (χ2n) is 9.31. The summed E-state index contributed by atoms with van der Waals surface area (Å²) in [5.74, 6) is -2.18. The number of halogens is 2. The summed E-state index contributed by atoms with van der Waals surface area (Å²) < 4.78 is 14.0. The van der Waals surface area contributed by atoms with Crippen LogP contribution in [0, 0.1) is 0 Å². The first-order chi connectivity index (χ1) is 20.3. The van der Waals surface area contributed by atoms with E-state index in [0.717, 1.165) is 16.7 Å². The van der Waals surface area contributed by atoms with E-state index >= 15 is 0 Å². The second-order valence-corrected chi connectivity index (χ2v) is 11.6. The van der Waals surface area contributed by atoms with Gasteiger partial charge in [0.05, 0.1) is 21.5 Å². The third kappa shape index (κ3) is 6.94. The molecule has 42 heavy (non-hydrogen) atoms. The number of nitrogens with zero attached hydrogens (tertiary/aromatic N) is 3. The molecule has 0 fully saturated rings. The van der Waals surface area contributed by atoms with E-state index < -0.39 is 28.7 Å². The quantitative estimate of drug-likeness (QED) is 0.197. The Balaban J connectivity index is 1.44. The number of hydrogen-bond donors (Lipinski definition) is 2. The Labute approximate surface area is 254 Å². The number of carbonyl (C=O) groups excluding carboxylic acids is 1. The fraction of sp³-hybridized carbons (Fsp3) is 0.0968. The first kappa shape index (κ1) is 29.2. The average molecular weight is 620 g/mol. The van der Waals surface area contributed by atoms with Gasteiger partial charge in [-0.1, -0.05) is 108 Å². The minimum Gasteiger partial charge on any atom is -0.480 e. The number of benzene rings is 4. The van der Waals surface area contributed by atoms with Crippen molar-refractivity contribution in [3.8, 4) is 28.2 Å². The molecule has 0 radical (unpaired) electrons. The predicted octanol–water partition coefficient (Wildman–Crippen LogP) is 6.04. The zero-order valence-electron chi connectivity index (χ0n) is 22.0. The van der Waals surface area contributed by atoms with Gasteiger partial charge in [-0.3, -0.25) is 9.00 Å². The highest BCUT2D eigenvalue weighted by Gasteiger charge is 2.27. The molecule has 8 nitrogen and oxygen atoms in total. The minimum atomic E-state index is -1.55. The number of aliphatic carboxylic acids is 1. The van der Waals surface area contributed by atoms with Gasteiger partial charge in [-0.2, -0.15) is 0 Å². The summed E-state index contributed by atoms with van der Waals surface area (Å²) in [6.45, 7) is 0. The molecule has 4 aromatic carbocycles. The van der Waals surface area contributed by atoms with Crippen LogP contribution in [0.15, 0.2) is 103 Å². The monoisotopic (exact) mass is 618 g/mol. The Morgan fingerprint density at radius 3 is 2.10 bits per heavy atom. The number of carbonyl (C=O) groups is 2. The lowest BCUT2D eigenvalue weighted by Gasteiger charge is -2.14. The summed E-state index contributed by atoms with van der Waals surface area (Å²) in [7, 11) is -1.55. The standard InChI is InChI=1S/C31H24Cl2N4O4S/c32-25-16-15-24(17-26(25)33)37-29(30(38)34-27(31(39)40)19-42(41)18-20-7-3-1-4-8-20)35-28(36-37)23-13-11-22(12-14-23)21-9-5-2-6-10-21/h1-17,27H,18-19H2,(H,34,38)(H,39,40)/t27?,42-/m1/s1. The average Bonchev–Trinajstić information content (AvgIpc) is 3.45. The van der Waals surface area contributed by atoms with Crippen LogP contribution in [0.1, 0.15) is 16.2 Å². The van der Waals surface area contributed by atoms with Crippen LogP contribution < -0.4 is 5.32 Å². The van der Waals surface area contributed by atoms with Gasteiger partial charge in [0.1, 0.15) is 6.04 Å². The van der Waals surface area contributed by atoms with Gasteiger partial charge >= 0.3 is 5.97 Å². The molecule has 0 bridgehead atoms. The molecule has 1 amide bonds. The summed E-state index contributed by atoms with van der Waals surface area (Å²) in [5, 5.41) is 17.4. The second kappa shape index (κ2) is 13.1. The Hall–Kier alpha value is -4.31. The molecule has 11 heteroatoms. The first-order valence-corrected chi connectivity index (χ1v) is 15.0. The summed E-state index contributed by atoms with van der Waals surface area (Å²) in [5.41, 5.74) is 3.88. The van der Waals surface area contributed by atoms with Crippen molar-refractivity contribution in [1.82, 2.24) is 20.1 Å². The van der Waals surface area contributed by atoms with Crippen LogP contribution in [0.25, 0.3) is 28.2 Å². The SMILES string of the molecule is O=C(NC(C[S@](=O)Cc1ccccc1)C(=O)O)c1nc(-c2ccc(-c3ccccc3)cc2)nn1-c1ccc(Cl)c(Cl)c1. The van der Waals surface area contributed by atoms with Crippen molar-refractivity contribution in [3.05, 3.63) is 125 Å². The van der Waals surface area contributed by atoms with Gasteiger partial charge < -0.3 is 10.4 Å². The van der Waals surface area contributed by atoms with Gasteiger partial charge in [0, 0.05) is 22.1 Å². The van der Waals surface area contributed by atoms with E-state index in [0.29, 0.717) is 16.3 Å². The molecule has 212 valence electrons. The molecule has 0 aliphatic rings. The van der Waals surface area contributed by atoms with Crippen molar-refractivity contribution < 1.29 is 18.9 Å². The van der Waals surface area contributed by atoms with E-state index in [2.05, 4.69) is 15.4 Å². The smallest absolute Gasteiger partial charge is 0.327 e. The van der Waals surface area contributed by atoms with Crippen LogP contribution in [0.5, 0.6) is 0 Å². The number of carboxylic acids is 1. The number of amides is 1. The molecule has 0 aliphatic carbocycles. The fourth-order valence-corrected chi connectivity index (χ4v) is 5.80. The summed E-state index contributed by atoms with van der Waals surface area (Å²) in [4.78, 5) is 30.0. The predicted molar refractivity (Wildman–Crippen MR) is 164 cm³/mol. The maximum Gasteiger partial charge on any atom is 0.327 e. The molecule has 2 N–H and O–H groups in total. The molecule has 0 spiro atoms. The molecular formula is C31H24Cl2N4O4S. The third-order valence-electron chi connectivity index (χ3n) is 6.33. The van der Waals surface area contributed by atoms with Crippen LogP contribution in [0.4, 0.5) is 0 Å². The largest absolute Gasteiger partial charge is 0.480 e. The Morgan fingerprint density at radius 2 is 1.45 bits per heavy atom. The minimum absolute atomic E-state index is 0.156. The lowest BCUT2D eigenvalue weighted by Crippen LogP contribution is -2.45. The first-order valence-electron chi connectivity index (χ1n) is 12.8. The van der Waals surface area contributed by atoms with E-state index in [1.54, 1.807) is 24.3 Å². The Kier molecular flexibility index (Phi) is 9.12. The summed E-state index contributed by atoms with van der Waals surface area (Å²) >= 11 is 12.3. The Bertz CT molecular complexity index is 1750. The van der Waals surface area contributed by atoms with E-state index in [1.165, 1.54) is 10.7 Å². The molecule has 0 aliphatic heterocycles. The van der Waals surface area contributed by atoms with Crippen LogP contribution >= 0.6 is 23.2 Å². The number of hydrogen-bond acceptors (Lipinski definition) is 5. The molecular weight excluding hydrogens is 595 g/mol. The number of aromatic nitrogens is 3. The topological polar surface area (TPSA) is 114 Å². The van der Waals surface area contributed by atoms with Crippen LogP contribution in [0.2, 0.25) is 10.0 Å². The van der Waals surface area contributed by atoms with Gasteiger partial charge in [-0.25, -0.2) is 14.5 Å². The highest BCUT2D eigenvalue weighted by molar-refractivity contribution is 7.84. The molecule has 2 atom stereocenters. The summed E-state index contributed by atoms with van der Waals surface area (Å²) in [6.07, 6.45) is 0. The van der Waals surface area contributed by atoms with E-state index in [4.69, 9.17) is 23.2 Å². The van der Waals surface area contributed by atoms with Crippen molar-refractivity contribution in [1.29, 1.82) is 0 Å². The zero-order valence-corrected chi connectivity index (χ0v) is 24.3. The molecule has 5 aromatic rings. The maximum atomic E-state index is 13.5. The van der Waals surface area contributed by atoms with E-state index in [-0.39, 0.29) is 28.2 Å². The number of rotatable bonds is 10. The van der Waals surface area contributed by atoms with Crippen molar-refractivity contribution in [2.45, 2.75) is 11.8 Å². The van der Waals surface area contributed by atoms with Crippen molar-refractivity contribution >= 4 is 45.9 Å². The maximum absolute atomic E-state index is 13.5. The molecule has 0 saturated heterocycles. The Morgan fingerprint density at radius 1 is 0.833 bits per heavy atom. The summed E-state index contributed by atoms with van der Waals surface area (Å²) in [6, 6.07) is 29.7. The van der Waals surface area contributed by atoms with Gasteiger partial charge in [0.25, 0.3) is 5.91 Å². The molecule has 5 rings (SSSR count). The highest BCUT2D eigenvalue weighted by atomic mass is 35.5.